The highest BCUT2D eigenvalue weighted by molar-refractivity contribution is 9.10. The second kappa shape index (κ2) is 12.2. The predicted octanol–water partition coefficient (Wildman–Crippen LogP) is 3.92. The fourth-order valence-electron chi connectivity index (χ4n) is 5.69. The molecule has 218 valence electrons. The molecule has 3 heterocycles. The Balaban J connectivity index is 1.40. The fourth-order valence-corrected chi connectivity index (χ4v) is 6.19. The van der Waals surface area contributed by atoms with Gasteiger partial charge >= 0.3 is 0 Å². The molecule has 0 unspecified atom stereocenters. The van der Waals surface area contributed by atoms with E-state index in [0.29, 0.717) is 68.6 Å². The number of anilines is 1. The summed E-state index contributed by atoms with van der Waals surface area (Å²) in [6.07, 6.45) is 0.134. The molecule has 6 rings (SSSR count). The van der Waals surface area contributed by atoms with E-state index in [-0.39, 0.29) is 25.0 Å². The molecule has 1 fully saturated rings. The van der Waals surface area contributed by atoms with Crippen molar-refractivity contribution in [3.05, 3.63) is 94.0 Å². The number of aliphatic hydroxyl groups excluding tert-OH is 1. The van der Waals surface area contributed by atoms with Gasteiger partial charge in [-0.05, 0) is 42.0 Å². The SMILES string of the molecule is O=C(CN1C(=O)[C@@]2(Cc3ccccc31)N=C(c1ccc(OCCCO)cc1)O[C@H]2c1ccccc1Br)N1CCOCC1. The molecule has 0 bridgehead atoms. The van der Waals surface area contributed by atoms with Gasteiger partial charge in [0.05, 0.1) is 19.8 Å². The van der Waals surface area contributed by atoms with Gasteiger partial charge in [0, 0.05) is 53.8 Å². The van der Waals surface area contributed by atoms with Gasteiger partial charge in [-0.1, -0.05) is 52.3 Å². The van der Waals surface area contributed by atoms with Crippen molar-refractivity contribution in [2.24, 2.45) is 4.99 Å². The maximum atomic E-state index is 14.7. The lowest BCUT2D eigenvalue weighted by Gasteiger charge is -2.41. The number of halogens is 1. The molecule has 10 heteroatoms. The van der Waals surface area contributed by atoms with Crippen LogP contribution < -0.4 is 9.64 Å². The van der Waals surface area contributed by atoms with Crippen molar-refractivity contribution in [3.8, 4) is 5.75 Å². The quantitative estimate of drug-likeness (QED) is 0.378. The number of benzene rings is 3. The summed E-state index contributed by atoms with van der Waals surface area (Å²) in [5, 5.41) is 9.03. The first kappa shape index (κ1) is 28.4. The van der Waals surface area contributed by atoms with Crippen LogP contribution in [0, 0.1) is 0 Å². The zero-order valence-corrected chi connectivity index (χ0v) is 24.7. The van der Waals surface area contributed by atoms with Crippen LogP contribution >= 0.6 is 15.9 Å². The second-order valence-electron chi connectivity index (χ2n) is 10.5. The van der Waals surface area contributed by atoms with Crippen LogP contribution in [0.4, 0.5) is 5.69 Å². The Labute approximate surface area is 252 Å². The third-order valence-corrected chi connectivity index (χ3v) is 8.56. The summed E-state index contributed by atoms with van der Waals surface area (Å²) in [6.45, 7) is 2.34. The van der Waals surface area contributed by atoms with Crippen LogP contribution in [0.3, 0.4) is 0 Å². The first-order valence-corrected chi connectivity index (χ1v) is 14.9. The van der Waals surface area contributed by atoms with Crippen LogP contribution in [-0.2, 0) is 25.5 Å². The smallest absolute Gasteiger partial charge is 0.260 e. The van der Waals surface area contributed by atoms with Gasteiger partial charge < -0.3 is 29.1 Å². The maximum Gasteiger partial charge on any atom is 0.260 e. The molecule has 3 aliphatic heterocycles. The largest absolute Gasteiger partial charge is 0.494 e. The minimum Gasteiger partial charge on any atom is -0.494 e. The van der Waals surface area contributed by atoms with E-state index in [1.165, 1.54) is 0 Å². The van der Waals surface area contributed by atoms with Gasteiger partial charge in [0.1, 0.15) is 12.3 Å². The summed E-state index contributed by atoms with van der Waals surface area (Å²) in [7, 11) is 0. The highest BCUT2D eigenvalue weighted by Gasteiger charge is 2.58. The average Bonchev–Trinajstić information content (AvgIpc) is 3.40. The van der Waals surface area contributed by atoms with E-state index in [9.17, 15) is 9.59 Å². The number of ether oxygens (including phenoxy) is 3. The molecule has 3 aliphatic rings. The Morgan fingerprint density at radius 3 is 2.55 bits per heavy atom. The Bertz CT molecular complexity index is 1490. The lowest BCUT2D eigenvalue weighted by Crippen LogP contribution is -2.58. The maximum absolute atomic E-state index is 14.7. The van der Waals surface area contributed by atoms with E-state index in [1.807, 2.05) is 72.8 Å². The van der Waals surface area contributed by atoms with Crippen LogP contribution in [0.1, 0.15) is 29.2 Å². The third-order valence-electron chi connectivity index (χ3n) is 7.84. The van der Waals surface area contributed by atoms with Crippen molar-refractivity contribution in [1.82, 2.24) is 4.90 Å². The summed E-state index contributed by atoms with van der Waals surface area (Å²) >= 11 is 3.67. The number of aliphatic imine (C=N–C) groups is 1. The lowest BCUT2D eigenvalue weighted by molar-refractivity contribution is -0.136. The molecule has 3 aromatic carbocycles. The highest BCUT2D eigenvalue weighted by atomic mass is 79.9. The molecule has 0 saturated carbocycles. The molecule has 1 saturated heterocycles. The zero-order chi connectivity index (χ0) is 29.1. The molecule has 0 aliphatic carbocycles. The molecule has 9 nitrogen and oxygen atoms in total. The molecule has 42 heavy (non-hydrogen) atoms. The number of nitrogens with zero attached hydrogens (tertiary/aromatic N) is 3. The van der Waals surface area contributed by atoms with Crippen LogP contribution in [0.25, 0.3) is 0 Å². The normalized spacial score (nSPS) is 21.6. The van der Waals surface area contributed by atoms with Gasteiger partial charge in [-0.3, -0.25) is 9.59 Å². The van der Waals surface area contributed by atoms with Crippen LogP contribution in [0.2, 0.25) is 0 Å². The minimum absolute atomic E-state index is 0.0630. The Hall–Kier alpha value is -3.73. The fraction of sp³-hybridized carbons (Fsp3) is 0.344. The molecule has 0 aromatic heterocycles. The summed E-state index contributed by atoms with van der Waals surface area (Å²) in [5.41, 5.74) is 1.82. The van der Waals surface area contributed by atoms with Crippen molar-refractivity contribution < 1.29 is 28.9 Å². The van der Waals surface area contributed by atoms with Crippen LogP contribution in [0.5, 0.6) is 5.75 Å². The van der Waals surface area contributed by atoms with Crippen molar-refractivity contribution in [2.75, 3.05) is 51.0 Å². The second-order valence-corrected chi connectivity index (χ2v) is 11.4. The Morgan fingerprint density at radius 2 is 1.79 bits per heavy atom. The van der Waals surface area contributed by atoms with Crippen LogP contribution in [0.15, 0.2) is 82.3 Å². The van der Waals surface area contributed by atoms with E-state index in [1.54, 1.807) is 9.80 Å². The molecule has 2 atom stereocenters. The van der Waals surface area contributed by atoms with E-state index in [4.69, 9.17) is 24.3 Å². The van der Waals surface area contributed by atoms with Gasteiger partial charge in [-0.25, -0.2) is 4.99 Å². The van der Waals surface area contributed by atoms with Gasteiger partial charge in [-0.2, -0.15) is 0 Å². The van der Waals surface area contributed by atoms with Crippen molar-refractivity contribution in [1.29, 1.82) is 0 Å². The number of amides is 2. The average molecular weight is 635 g/mol. The predicted molar refractivity (Wildman–Crippen MR) is 161 cm³/mol. The van der Waals surface area contributed by atoms with Crippen molar-refractivity contribution in [2.45, 2.75) is 24.5 Å². The number of hydrogen-bond acceptors (Lipinski definition) is 7. The lowest BCUT2D eigenvalue weighted by atomic mass is 9.78. The molecule has 1 spiro atoms. The number of rotatable bonds is 8. The number of carbonyl (C=O) groups is 2. The van der Waals surface area contributed by atoms with Gasteiger partial charge in [0.25, 0.3) is 5.91 Å². The van der Waals surface area contributed by atoms with Gasteiger partial charge in [0.15, 0.2) is 11.6 Å². The zero-order valence-electron chi connectivity index (χ0n) is 23.1. The van der Waals surface area contributed by atoms with E-state index in [2.05, 4.69) is 15.9 Å². The van der Waals surface area contributed by atoms with Gasteiger partial charge in [-0.15, -0.1) is 0 Å². The molecular formula is C32H32BrN3O6. The summed E-state index contributed by atoms with van der Waals surface area (Å²) in [6, 6.07) is 22.7. The number of aliphatic hydroxyl groups is 1. The highest BCUT2D eigenvalue weighted by Crippen LogP contribution is 2.49. The monoisotopic (exact) mass is 633 g/mol. The number of morpholine rings is 1. The number of carbonyl (C=O) groups excluding carboxylic acids is 2. The van der Waals surface area contributed by atoms with E-state index < -0.39 is 11.6 Å². The number of fused-ring (bicyclic) bond motifs is 1. The Kier molecular flexibility index (Phi) is 8.28. The number of para-hydroxylation sites is 1. The van der Waals surface area contributed by atoms with Crippen molar-refractivity contribution >= 4 is 39.3 Å². The van der Waals surface area contributed by atoms with E-state index in [0.717, 1.165) is 15.6 Å². The minimum atomic E-state index is -1.32. The first-order chi connectivity index (χ1) is 20.5. The third kappa shape index (κ3) is 5.42. The Morgan fingerprint density at radius 1 is 1.05 bits per heavy atom. The summed E-state index contributed by atoms with van der Waals surface area (Å²) in [5.74, 6) is 0.613. The molecule has 3 aromatic rings. The molecular weight excluding hydrogens is 602 g/mol. The summed E-state index contributed by atoms with van der Waals surface area (Å²) < 4.78 is 18.5. The van der Waals surface area contributed by atoms with Crippen molar-refractivity contribution in [3.63, 3.8) is 0 Å². The number of hydrogen-bond donors (Lipinski definition) is 1. The van der Waals surface area contributed by atoms with E-state index >= 15 is 0 Å². The first-order valence-electron chi connectivity index (χ1n) is 14.1. The van der Waals surface area contributed by atoms with Gasteiger partial charge in [0.2, 0.25) is 11.8 Å². The molecule has 1 N–H and O–H groups in total. The molecule has 0 radical (unpaired) electrons. The summed E-state index contributed by atoms with van der Waals surface area (Å²) in [4.78, 5) is 36.5. The van der Waals surface area contributed by atoms with Crippen LogP contribution in [-0.4, -0.2) is 79.3 Å². The topological polar surface area (TPSA) is 101 Å². The molecule has 2 amide bonds. The standard InChI is InChI=1S/C32H32BrN3O6/c33-26-8-3-2-7-25(26)29-32(34-30(42-29)22-10-12-24(13-11-22)41-17-5-16-37)20-23-6-1-4-9-27(23)36(31(32)39)21-28(38)35-14-18-40-19-15-35/h1-4,6-13,29,37H,5,14-21H2/t29-,32-/m0/s1.